The van der Waals surface area contributed by atoms with Crippen molar-refractivity contribution in [3.63, 3.8) is 0 Å². The van der Waals surface area contributed by atoms with Crippen LogP contribution in [-0.2, 0) is 16.0 Å². The van der Waals surface area contributed by atoms with Crippen LogP contribution in [0, 0.1) is 11.8 Å². The van der Waals surface area contributed by atoms with Crippen molar-refractivity contribution in [2.45, 2.75) is 12.8 Å². The Kier molecular flexibility index (Phi) is 4.56. The summed E-state index contributed by atoms with van der Waals surface area (Å²) in [6.45, 7) is 0. The molecular formula is C12H9ClO4. The van der Waals surface area contributed by atoms with Gasteiger partial charge in [-0.2, -0.15) is 0 Å². The second-order valence-corrected chi connectivity index (χ2v) is 3.68. The number of aliphatic carboxylic acids is 2. The number of carboxylic acids is 2. The smallest absolute Gasteiger partial charge is 0.315 e. The highest BCUT2D eigenvalue weighted by atomic mass is 35.5. The Labute approximate surface area is 103 Å². The van der Waals surface area contributed by atoms with Gasteiger partial charge in [0.2, 0.25) is 0 Å². The van der Waals surface area contributed by atoms with Gasteiger partial charge < -0.3 is 10.2 Å². The molecule has 0 aliphatic rings. The van der Waals surface area contributed by atoms with Gasteiger partial charge in [0.15, 0.2) is 0 Å². The normalized spacial score (nSPS) is 9.24. The van der Waals surface area contributed by atoms with E-state index >= 15 is 0 Å². The lowest BCUT2D eigenvalue weighted by Gasteiger charge is -2.01. The summed E-state index contributed by atoms with van der Waals surface area (Å²) in [5.41, 5.74) is 0.959. The number of benzene rings is 1. The van der Waals surface area contributed by atoms with Crippen LogP contribution in [0.25, 0.3) is 0 Å². The van der Waals surface area contributed by atoms with E-state index in [1.54, 1.807) is 12.1 Å². The first kappa shape index (κ1) is 13.1. The lowest BCUT2D eigenvalue weighted by molar-refractivity contribution is -0.137. The second kappa shape index (κ2) is 5.92. The van der Waals surface area contributed by atoms with Crippen molar-refractivity contribution >= 4 is 23.5 Å². The third kappa shape index (κ3) is 4.58. The first-order valence-electron chi connectivity index (χ1n) is 4.70. The predicted octanol–water partition coefficient (Wildman–Crippen LogP) is 1.79. The molecule has 0 heterocycles. The van der Waals surface area contributed by atoms with Gasteiger partial charge in [-0.25, -0.2) is 0 Å². The summed E-state index contributed by atoms with van der Waals surface area (Å²) in [5.74, 6) is 3.05. The Morgan fingerprint density at radius 3 is 2.53 bits per heavy atom. The van der Waals surface area contributed by atoms with E-state index in [0.29, 0.717) is 16.1 Å². The Bertz CT molecular complexity index is 511. The van der Waals surface area contributed by atoms with E-state index < -0.39 is 11.9 Å². The highest BCUT2D eigenvalue weighted by Gasteiger charge is 2.05. The summed E-state index contributed by atoms with van der Waals surface area (Å²) >= 11 is 5.76. The molecule has 0 radical (unpaired) electrons. The third-order valence-corrected chi connectivity index (χ3v) is 2.11. The van der Waals surface area contributed by atoms with Gasteiger partial charge in [0, 0.05) is 10.6 Å². The lowest BCUT2D eigenvalue weighted by Crippen LogP contribution is -2.02. The van der Waals surface area contributed by atoms with Crippen molar-refractivity contribution in [3.05, 3.63) is 34.3 Å². The molecule has 0 aromatic heterocycles. The molecule has 17 heavy (non-hydrogen) atoms. The summed E-state index contributed by atoms with van der Waals surface area (Å²) in [6.07, 6.45) is -0.465. The molecule has 2 N–H and O–H groups in total. The topological polar surface area (TPSA) is 74.6 Å². The molecular weight excluding hydrogens is 244 g/mol. The van der Waals surface area contributed by atoms with Gasteiger partial charge >= 0.3 is 11.9 Å². The molecule has 0 saturated heterocycles. The van der Waals surface area contributed by atoms with Gasteiger partial charge in [0.1, 0.15) is 6.42 Å². The first-order chi connectivity index (χ1) is 7.99. The lowest BCUT2D eigenvalue weighted by atomic mass is 10.0. The number of carboxylic acid groups (broad SMARTS) is 2. The fourth-order valence-corrected chi connectivity index (χ4v) is 1.37. The summed E-state index contributed by atoms with van der Waals surface area (Å²) in [6, 6.07) is 4.66. The zero-order valence-corrected chi connectivity index (χ0v) is 9.49. The van der Waals surface area contributed by atoms with E-state index in [2.05, 4.69) is 11.8 Å². The molecule has 0 aliphatic heterocycles. The molecule has 0 saturated carbocycles. The number of hydrogen-bond acceptors (Lipinski definition) is 2. The van der Waals surface area contributed by atoms with Crippen LogP contribution in [0.2, 0.25) is 5.02 Å². The van der Waals surface area contributed by atoms with Gasteiger partial charge in [0.25, 0.3) is 0 Å². The maximum absolute atomic E-state index is 10.6. The van der Waals surface area contributed by atoms with Crippen LogP contribution in [0.15, 0.2) is 18.2 Å². The largest absolute Gasteiger partial charge is 0.481 e. The van der Waals surface area contributed by atoms with Crippen molar-refractivity contribution < 1.29 is 19.8 Å². The minimum absolute atomic E-state index is 0.172. The van der Waals surface area contributed by atoms with Crippen molar-refractivity contribution in [1.82, 2.24) is 0 Å². The second-order valence-electron chi connectivity index (χ2n) is 3.24. The maximum Gasteiger partial charge on any atom is 0.315 e. The van der Waals surface area contributed by atoms with Crippen LogP contribution in [0.3, 0.4) is 0 Å². The van der Waals surface area contributed by atoms with Crippen LogP contribution in [0.4, 0.5) is 0 Å². The number of hydrogen-bond donors (Lipinski definition) is 2. The Hall–Kier alpha value is -1.99. The van der Waals surface area contributed by atoms with Crippen LogP contribution < -0.4 is 0 Å². The highest BCUT2D eigenvalue weighted by molar-refractivity contribution is 6.30. The molecule has 0 spiro atoms. The van der Waals surface area contributed by atoms with Crippen molar-refractivity contribution in [1.29, 1.82) is 0 Å². The van der Waals surface area contributed by atoms with E-state index in [1.807, 2.05) is 0 Å². The molecule has 0 bridgehead atoms. The molecule has 0 aliphatic carbocycles. The van der Waals surface area contributed by atoms with Crippen LogP contribution in [-0.4, -0.2) is 22.2 Å². The summed E-state index contributed by atoms with van der Waals surface area (Å²) in [4.78, 5) is 20.9. The van der Waals surface area contributed by atoms with Gasteiger partial charge in [0.05, 0.1) is 6.42 Å². The fourth-order valence-electron chi connectivity index (χ4n) is 1.20. The van der Waals surface area contributed by atoms with Gasteiger partial charge in [-0.1, -0.05) is 29.5 Å². The van der Waals surface area contributed by atoms with E-state index in [1.165, 1.54) is 6.07 Å². The van der Waals surface area contributed by atoms with E-state index in [4.69, 9.17) is 21.8 Å². The average Bonchev–Trinajstić information content (AvgIpc) is 2.21. The zero-order valence-electron chi connectivity index (χ0n) is 8.74. The number of rotatable bonds is 3. The molecule has 0 unspecified atom stereocenters. The summed E-state index contributed by atoms with van der Waals surface area (Å²) in [7, 11) is 0. The predicted molar refractivity (Wildman–Crippen MR) is 61.9 cm³/mol. The van der Waals surface area contributed by atoms with Crippen LogP contribution >= 0.6 is 11.6 Å². The number of halogens is 1. The first-order valence-corrected chi connectivity index (χ1v) is 5.07. The van der Waals surface area contributed by atoms with Gasteiger partial charge in [-0.3, -0.25) is 9.59 Å². The van der Waals surface area contributed by atoms with E-state index in [9.17, 15) is 9.59 Å². The minimum Gasteiger partial charge on any atom is -0.481 e. The summed E-state index contributed by atoms with van der Waals surface area (Å²) in [5, 5.41) is 17.6. The standard InChI is InChI=1S/C12H9ClO4/c13-10-5-4-9(7-12(16)17)8(6-10)2-1-3-11(14)15/h4-6H,3,7H2,(H,14,15)(H,16,17). The van der Waals surface area contributed by atoms with Crippen molar-refractivity contribution in [2.24, 2.45) is 0 Å². The average molecular weight is 253 g/mol. The minimum atomic E-state index is -1.03. The molecule has 1 rings (SSSR count). The van der Waals surface area contributed by atoms with Crippen molar-refractivity contribution in [2.75, 3.05) is 0 Å². The maximum atomic E-state index is 10.6. The van der Waals surface area contributed by atoms with Crippen molar-refractivity contribution in [3.8, 4) is 11.8 Å². The van der Waals surface area contributed by atoms with E-state index in [0.717, 1.165) is 0 Å². The van der Waals surface area contributed by atoms with Crippen LogP contribution in [0.5, 0.6) is 0 Å². The third-order valence-electron chi connectivity index (χ3n) is 1.88. The molecule has 5 heteroatoms. The Balaban J connectivity index is 3.01. The molecule has 0 atom stereocenters. The Morgan fingerprint density at radius 1 is 1.24 bits per heavy atom. The SMILES string of the molecule is O=C(O)CC#Cc1cc(Cl)ccc1CC(=O)O. The Morgan fingerprint density at radius 2 is 1.94 bits per heavy atom. The molecule has 1 aromatic carbocycles. The van der Waals surface area contributed by atoms with Gasteiger partial charge in [-0.05, 0) is 17.7 Å². The number of carbonyl (C=O) groups is 2. The van der Waals surface area contributed by atoms with E-state index in [-0.39, 0.29) is 12.8 Å². The molecule has 0 fully saturated rings. The molecule has 0 amide bonds. The quantitative estimate of drug-likeness (QED) is 0.805. The highest BCUT2D eigenvalue weighted by Crippen LogP contribution is 2.16. The van der Waals surface area contributed by atoms with Gasteiger partial charge in [-0.15, -0.1) is 0 Å². The zero-order chi connectivity index (χ0) is 12.8. The molecule has 4 nitrogen and oxygen atoms in total. The van der Waals surface area contributed by atoms with Crippen LogP contribution in [0.1, 0.15) is 17.5 Å². The molecule has 88 valence electrons. The molecule has 1 aromatic rings. The summed E-state index contributed by atoms with van der Waals surface area (Å²) < 4.78 is 0. The fraction of sp³-hybridized carbons (Fsp3) is 0.167. The monoisotopic (exact) mass is 252 g/mol.